The van der Waals surface area contributed by atoms with Gasteiger partial charge in [-0.15, -0.1) is 0 Å². The average Bonchev–Trinajstić information content (AvgIpc) is 2.26. The predicted octanol–water partition coefficient (Wildman–Crippen LogP) is 1.78. The number of halogens is 4. The van der Waals surface area contributed by atoms with Crippen LogP contribution in [0, 0.1) is 0 Å². The molecule has 0 unspecified atom stereocenters. The smallest absolute Gasteiger partial charge is 0.352 e. The SMILES string of the molecule is NS(=O)(=O)c1cc(C(=O)NCCC(F)(F)F)ccc1Br. The van der Waals surface area contributed by atoms with E-state index in [0.29, 0.717) is 0 Å². The van der Waals surface area contributed by atoms with Crippen LogP contribution in [0.1, 0.15) is 16.8 Å². The van der Waals surface area contributed by atoms with E-state index in [1.807, 2.05) is 5.32 Å². The minimum atomic E-state index is -4.38. The van der Waals surface area contributed by atoms with Crippen molar-refractivity contribution in [1.82, 2.24) is 5.32 Å². The standard InChI is InChI=1S/C10H10BrF3N2O3S/c11-7-2-1-6(5-8(7)20(15,18)19)9(17)16-4-3-10(12,13)14/h1-2,5H,3-4H2,(H,16,17)(H2,15,18,19). The Bertz CT molecular complexity index is 617. The van der Waals surface area contributed by atoms with Crippen LogP contribution >= 0.6 is 15.9 Å². The highest BCUT2D eigenvalue weighted by Gasteiger charge is 2.26. The summed E-state index contributed by atoms with van der Waals surface area (Å²) in [5.74, 6) is -0.813. The third-order valence-electron chi connectivity index (χ3n) is 2.19. The number of carbonyl (C=O) groups excluding carboxylic acids is 1. The first-order valence-electron chi connectivity index (χ1n) is 5.18. The van der Waals surface area contributed by atoms with E-state index in [-0.39, 0.29) is 14.9 Å². The van der Waals surface area contributed by atoms with Crippen molar-refractivity contribution < 1.29 is 26.4 Å². The zero-order valence-corrected chi connectivity index (χ0v) is 12.3. The molecule has 3 N–H and O–H groups in total. The van der Waals surface area contributed by atoms with Gasteiger partial charge >= 0.3 is 6.18 Å². The van der Waals surface area contributed by atoms with Gasteiger partial charge in [-0.3, -0.25) is 4.79 Å². The fraction of sp³-hybridized carbons (Fsp3) is 0.300. The molecule has 0 fully saturated rings. The molecule has 1 aromatic carbocycles. The van der Waals surface area contributed by atoms with Crippen molar-refractivity contribution >= 4 is 31.9 Å². The van der Waals surface area contributed by atoms with Gasteiger partial charge in [-0.05, 0) is 34.1 Å². The monoisotopic (exact) mass is 374 g/mol. The van der Waals surface area contributed by atoms with Crippen molar-refractivity contribution in [2.75, 3.05) is 6.54 Å². The molecular weight excluding hydrogens is 365 g/mol. The lowest BCUT2D eigenvalue weighted by Crippen LogP contribution is -2.28. The maximum Gasteiger partial charge on any atom is 0.390 e. The minimum absolute atomic E-state index is 0.0978. The molecule has 0 aromatic heterocycles. The van der Waals surface area contributed by atoms with Gasteiger partial charge in [0.2, 0.25) is 10.0 Å². The van der Waals surface area contributed by atoms with Crippen LogP contribution in [-0.2, 0) is 10.0 Å². The molecule has 0 heterocycles. The topological polar surface area (TPSA) is 89.3 Å². The molecule has 0 aliphatic carbocycles. The molecule has 0 atom stereocenters. The van der Waals surface area contributed by atoms with Crippen LogP contribution in [0.3, 0.4) is 0 Å². The molecule has 0 saturated heterocycles. The second-order valence-corrected chi connectivity index (χ2v) is 6.20. The third-order valence-corrected chi connectivity index (χ3v) is 4.10. The van der Waals surface area contributed by atoms with Gasteiger partial charge in [0.15, 0.2) is 0 Å². The van der Waals surface area contributed by atoms with E-state index in [0.717, 1.165) is 6.07 Å². The fourth-order valence-electron chi connectivity index (χ4n) is 1.28. The summed E-state index contributed by atoms with van der Waals surface area (Å²) in [4.78, 5) is 11.3. The molecule has 20 heavy (non-hydrogen) atoms. The van der Waals surface area contributed by atoms with Crippen molar-refractivity contribution in [1.29, 1.82) is 0 Å². The van der Waals surface area contributed by atoms with Gasteiger partial charge in [0.05, 0.1) is 11.3 Å². The highest BCUT2D eigenvalue weighted by atomic mass is 79.9. The van der Waals surface area contributed by atoms with Gasteiger partial charge in [-0.2, -0.15) is 13.2 Å². The molecule has 0 spiro atoms. The highest BCUT2D eigenvalue weighted by Crippen LogP contribution is 2.22. The number of rotatable bonds is 4. The van der Waals surface area contributed by atoms with E-state index in [1.165, 1.54) is 12.1 Å². The number of hydrogen-bond donors (Lipinski definition) is 2. The van der Waals surface area contributed by atoms with Crippen LogP contribution in [0.4, 0.5) is 13.2 Å². The number of benzene rings is 1. The van der Waals surface area contributed by atoms with Crippen LogP contribution in [0.5, 0.6) is 0 Å². The fourth-order valence-corrected chi connectivity index (χ4v) is 2.84. The zero-order chi connectivity index (χ0) is 15.6. The molecule has 1 rings (SSSR count). The summed E-state index contributed by atoms with van der Waals surface area (Å²) >= 11 is 2.95. The second kappa shape index (κ2) is 6.10. The van der Waals surface area contributed by atoms with Gasteiger partial charge in [0.25, 0.3) is 5.91 Å². The number of nitrogens with two attached hydrogens (primary N) is 1. The summed E-state index contributed by atoms with van der Waals surface area (Å²) in [5, 5.41) is 6.99. The molecule has 0 saturated carbocycles. The minimum Gasteiger partial charge on any atom is -0.352 e. The number of primary sulfonamides is 1. The van der Waals surface area contributed by atoms with Crippen LogP contribution in [-0.4, -0.2) is 27.0 Å². The highest BCUT2D eigenvalue weighted by molar-refractivity contribution is 9.10. The zero-order valence-electron chi connectivity index (χ0n) is 9.87. The number of amides is 1. The molecule has 10 heteroatoms. The number of sulfonamides is 1. The Morgan fingerprint density at radius 1 is 1.35 bits per heavy atom. The predicted molar refractivity (Wildman–Crippen MR) is 68.5 cm³/mol. The van der Waals surface area contributed by atoms with Gasteiger partial charge in [-0.25, -0.2) is 13.6 Å². The average molecular weight is 375 g/mol. The maximum absolute atomic E-state index is 11.9. The summed E-state index contributed by atoms with van der Waals surface area (Å²) < 4.78 is 58.4. The first kappa shape index (κ1) is 16.9. The quantitative estimate of drug-likeness (QED) is 0.841. The summed E-state index contributed by atoms with van der Waals surface area (Å²) in [6, 6.07) is 3.53. The number of alkyl halides is 3. The Hall–Kier alpha value is -1.13. The normalized spacial score (nSPS) is 12.2. The van der Waals surface area contributed by atoms with E-state index in [2.05, 4.69) is 15.9 Å². The summed E-state index contributed by atoms with van der Waals surface area (Å²) in [5.41, 5.74) is -0.0978. The second-order valence-electron chi connectivity index (χ2n) is 3.81. The molecule has 5 nitrogen and oxygen atoms in total. The van der Waals surface area contributed by atoms with Crippen LogP contribution in [0.2, 0.25) is 0 Å². The number of nitrogens with one attached hydrogen (secondary N) is 1. The molecule has 1 aromatic rings. The molecule has 0 radical (unpaired) electrons. The lowest BCUT2D eigenvalue weighted by atomic mass is 10.2. The van der Waals surface area contributed by atoms with E-state index in [1.54, 1.807) is 0 Å². The largest absolute Gasteiger partial charge is 0.390 e. The lowest BCUT2D eigenvalue weighted by Gasteiger charge is -2.09. The molecule has 0 aliphatic heterocycles. The Morgan fingerprint density at radius 2 is 1.95 bits per heavy atom. The molecular formula is C10H10BrF3N2O3S. The van der Waals surface area contributed by atoms with Crippen molar-refractivity contribution in [3.8, 4) is 0 Å². The molecule has 0 aliphatic rings. The van der Waals surface area contributed by atoms with Gasteiger partial charge in [0, 0.05) is 16.6 Å². The summed E-state index contributed by atoms with van der Waals surface area (Å²) in [6.45, 7) is -0.594. The van der Waals surface area contributed by atoms with Crippen LogP contribution < -0.4 is 10.5 Å². The van der Waals surface area contributed by atoms with Gasteiger partial charge < -0.3 is 5.32 Å². The van der Waals surface area contributed by atoms with E-state index >= 15 is 0 Å². The first-order valence-corrected chi connectivity index (χ1v) is 7.52. The maximum atomic E-state index is 11.9. The Balaban J connectivity index is 2.85. The third kappa shape index (κ3) is 5.10. The van der Waals surface area contributed by atoms with Gasteiger partial charge in [-0.1, -0.05) is 0 Å². The molecule has 112 valence electrons. The van der Waals surface area contributed by atoms with Gasteiger partial charge in [0.1, 0.15) is 0 Å². The Labute approximate surface area is 121 Å². The molecule has 1 amide bonds. The Morgan fingerprint density at radius 3 is 2.45 bits per heavy atom. The van der Waals surface area contributed by atoms with Crippen molar-refractivity contribution in [2.45, 2.75) is 17.5 Å². The van der Waals surface area contributed by atoms with Crippen LogP contribution in [0.25, 0.3) is 0 Å². The van der Waals surface area contributed by atoms with Crippen molar-refractivity contribution in [3.05, 3.63) is 28.2 Å². The number of carbonyl (C=O) groups is 1. The number of hydrogen-bond acceptors (Lipinski definition) is 3. The van der Waals surface area contributed by atoms with Crippen molar-refractivity contribution in [2.24, 2.45) is 5.14 Å². The summed E-state index contributed by atoms with van der Waals surface area (Å²) in [7, 11) is -4.04. The van der Waals surface area contributed by atoms with Crippen LogP contribution in [0.15, 0.2) is 27.6 Å². The summed E-state index contributed by atoms with van der Waals surface area (Å²) in [6.07, 6.45) is -5.55. The lowest BCUT2D eigenvalue weighted by molar-refractivity contribution is -0.132. The molecule has 0 bridgehead atoms. The van der Waals surface area contributed by atoms with E-state index in [9.17, 15) is 26.4 Å². The van der Waals surface area contributed by atoms with E-state index in [4.69, 9.17) is 5.14 Å². The Kier molecular flexibility index (Phi) is 5.16. The first-order chi connectivity index (χ1) is 9.00. The van der Waals surface area contributed by atoms with Crippen molar-refractivity contribution in [3.63, 3.8) is 0 Å². The van der Waals surface area contributed by atoms with E-state index < -0.39 is 35.1 Å².